The Labute approximate surface area is 306 Å². The van der Waals surface area contributed by atoms with Crippen LogP contribution in [0, 0.1) is 17.3 Å². The molecule has 1 saturated heterocycles. The maximum Gasteiger partial charge on any atom is 0.408 e. The van der Waals surface area contributed by atoms with Gasteiger partial charge in [0.05, 0.1) is 30.2 Å². The fourth-order valence-electron chi connectivity index (χ4n) is 7.97. The monoisotopic (exact) mass is 715 g/mol. The lowest BCUT2D eigenvalue weighted by atomic mass is 9.85. The minimum Gasteiger partial charge on any atom is -0.492 e. The van der Waals surface area contributed by atoms with E-state index in [-0.39, 0.29) is 30.3 Å². The van der Waals surface area contributed by atoms with Crippen molar-refractivity contribution in [2.24, 2.45) is 17.3 Å². The Hall–Kier alpha value is -4.55. The Bertz CT molecular complexity index is 1720. The van der Waals surface area contributed by atoms with E-state index in [1.54, 1.807) is 23.4 Å². The number of aryl methyl sites for hydroxylation is 1. The minimum atomic E-state index is -0.901. The standard InChI is InChI=1S/C39H53N7O6/c1-6-27-32-23-46(33(27)24(2)47)36(48)34(39(3,4)5)45-38(49)52-31-15-10-13-25(31)12-8-7-9-14-29-35(51-32)44-30-22-26(16-17-28(30)43-29)50-21-20-42-37-40-18-11-19-41-37/h11,16-19,22,25,27,31-34H,6-10,12-15,20-21,23H2,1-5H3,(H,45,49)(H,40,41,42)/t25-,27-,31-,32+,33-,34-/m1/s1. The third-order valence-corrected chi connectivity index (χ3v) is 10.6. The second-order valence-electron chi connectivity index (χ2n) is 15.4. The fraction of sp³-hybridized carbons (Fsp3) is 0.615. The van der Waals surface area contributed by atoms with Gasteiger partial charge in [0, 0.05) is 24.4 Å². The van der Waals surface area contributed by atoms with Crippen molar-refractivity contribution in [2.75, 3.05) is 25.0 Å². The normalized spacial score (nSPS) is 25.9. The van der Waals surface area contributed by atoms with Gasteiger partial charge >= 0.3 is 6.09 Å². The zero-order chi connectivity index (χ0) is 36.8. The number of hydrogen-bond donors (Lipinski definition) is 2. The van der Waals surface area contributed by atoms with Gasteiger partial charge in [-0.1, -0.05) is 40.5 Å². The molecule has 2 fully saturated rings. The summed E-state index contributed by atoms with van der Waals surface area (Å²) in [7, 11) is 0. The number of nitrogens with one attached hydrogen (secondary N) is 2. The minimum absolute atomic E-state index is 0.124. The predicted octanol–water partition coefficient (Wildman–Crippen LogP) is 5.91. The van der Waals surface area contributed by atoms with Gasteiger partial charge in [-0.2, -0.15) is 0 Å². The number of hydrogen-bond acceptors (Lipinski definition) is 11. The van der Waals surface area contributed by atoms with Crippen molar-refractivity contribution in [3.8, 4) is 11.6 Å². The van der Waals surface area contributed by atoms with E-state index in [1.165, 1.54) is 6.92 Å². The molecule has 6 rings (SSSR count). The van der Waals surface area contributed by atoms with Crippen LogP contribution in [0.5, 0.6) is 11.6 Å². The highest BCUT2D eigenvalue weighted by atomic mass is 16.6. The summed E-state index contributed by atoms with van der Waals surface area (Å²) in [5, 5.41) is 6.06. The van der Waals surface area contributed by atoms with E-state index in [0.29, 0.717) is 55.0 Å². The fourth-order valence-corrected chi connectivity index (χ4v) is 7.97. The first kappa shape index (κ1) is 37.2. The third kappa shape index (κ3) is 8.73. The molecule has 0 radical (unpaired) electrons. The molecular formula is C39H53N7O6. The molecule has 2 aromatic heterocycles. The van der Waals surface area contributed by atoms with Crippen molar-refractivity contribution in [2.45, 2.75) is 117 Å². The van der Waals surface area contributed by atoms with Gasteiger partial charge in [-0.3, -0.25) is 9.59 Å². The number of ketones is 1. The van der Waals surface area contributed by atoms with E-state index in [1.807, 2.05) is 45.9 Å². The average Bonchev–Trinajstić information content (AvgIpc) is 3.72. The lowest BCUT2D eigenvalue weighted by Gasteiger charge is -2.35. The number of ether oxygens (including phenoxy) is 3. The van der Waals surface area contributed by atoms with E-state index in [0.717, 1.165) is 56.2 Å². The number of carbonyl (C=O) groups excluding carboxylic acids is 3. The Kier molecular flexibility index (Phi) is 11.7. The second-order valence-corrected chi connectivity index (χ2v) is 15.4. The number of benzene rings is 1. The van der Waals surface area contributed by atoms with Crippen LogP contribution in [0.4, 0.5) is 10.7 Å². The number of fused-ring (bicyclic) bond motifs is 5. The predicted molar refractivity (Wildman–Crippen MR) is 196 cm³/mol. The maximum absolute atomic E-state index is 14.4. The number of nitrogens with zero attached hydrogens (tertiary/aromatic N) is 5. The molecule has 6 atom stereocenters. The molecule has 280 valence electrons. The van der Waals surface area contributed by atoms with Gasteiger partial charge in [-0.05, 0) is 81.4 Å². The van der Waals surface area contributed by atoms with E-state index in [9.17, 15) is 14.4 Å². The highest BCUT2D eigenvalue weighted by Gasteiger charge is 2.50. The molecular weight excluding hydrogens is 662 g/mol. The van der Waals surface area contributed by atoms with Crippen molar-refractivity contribution >= 4 is 34.8 Å². The van der Waals surface area contributed by atoms with Crippen LogP contribution in [0.2, 0.25) is 0 Å². The third-order valence-electron chi connectivity index (χ3n) is 10.6. The Morgan fingerprint density at radius 3 is 2.54 bits per heavy atom. The molecule has 1 aliphatic carbocycles. The number of anilines is 1. The van der Waals surface area contributed by atoms with Gasteiger partial charge in [0.15, 0.2) is 5.78 Å². The van der Waals surface area contributed by atoms with Gasteiger partial charge in [-0.15, -0.1) is 0 Å². The first-order chi connectivity index (χ1) is 25.0. The number of amides is 2. The maximum atomic E-state index is 14.4. The van der Waals surface area contributed by atoms with Gasteiger partial charge in [-0.25, -0.2) is 24.7 Å². The molecule has 0 spiro atoms. The Morgan fingerprint density at radius 2 is 1.79 bits per heavy atom. The second kappa shape index (κ2) is 16.4. The summed E-state index contributed by atoms with van der Waals surface area (Å²) < 4.78 is 18.8. The zero-order valence-corrected chi connectivity index (χ0v) is 31.1. The summed E-state index contributed by atoms with van der Waals surface area (Å²) in [6.45, 7) is 10.3. The quantitative estimate of drug-likeness (QED) is 0.280. The molecule has 1 saturated carbocycles. The highest BCUT2D eigenvalue weighted by molar-refractivity contribution is 5.92. The van der Waals surface area contributed by atoms with Crippen molar-refractivity contribution in [1.82, 2.24) is 30.2 Å². The summed E-state index contributed by atoms with van der Waals surface area (Å²) >= 11 is 0. The molecule has 52 heavy (non-hydrogen) atoms. The molecule has 2 bridgehead atoms. The molecule has 3 aromatic rings. The number of rotatable bonds is 7. The largest absolute Gasteiger partial charge is 0.492 e. The van der Waals surface area contributed by atoms with E-state index < -0.39 is 29.7 Å². The zero-order valence-electron chi connectivity index (χ0n) is 31.1. The van der Waals surface area contributed by atoms with Crippen LogP contribution in [0.25, 0.3) is 11.0 Å². The average molecular weight is 716 g/mol. The lowest BCUT2D eigenvalue weighted by Crippen LogP contribution is -2.57. The molecule has 13 nitrogen and oxygen atoms in total. The molecule has 4 heterocycles. The Morgan fingerprint density at radius 1 is 1.00 bits per heavy atom. The van der Waals surface area contributed by atoms with E-state index >= 15 is 0 Å². The van der Waals surface area contributed by atoms with Crippen LogP contribution in [-0.4, -0.2) is 86.6 Å². The van der Waals surface area contributed by atoms with Crippen LogP contribution in [0.1, 0.15) is 91.7 Å². The highest BCUT2D eigenvalue weighted by Crippen LogP contribution is 2.36. The lowest BCUT2D eigenvalue weighted by molar-refractivity contribution is -0.141. The van der Waals surface area contributed by atoms with Crippen molar-refractivity contribution in [1.29, 1.82) is 0 Å². The van der Waals surface area contributed by atoms with Crippen molar-refractivity contribution < 1.29 is 28.6 Å². The van der Waals surface area contributed by atoms with Crippen LogP contribution >= 0.6 is 0 Å². The van der Waals surface area contributed by atoms with Crippen LogP contribution in [0.15, 0.2) is 36.7 Å². The summed E-state index contributed by atoms with van der Waals surface area (Å²) in [6, 6.07) is 5.81. The Balaban J connectivity index is 1.30. The van der Waals surface area contributed by atoms with E-state index in [2.05, 4.69) is 20.6 Å². The summed E-state index contributed by atoms with van der Waals surface area (Å²) in [6.07, 6.45) is 10.1. The first-order valence-electron chi connectivity index (χ1n) is 18.9. The summed E-state index contributed by atoms with van der Waals surface area (Å²) in [5.74, 6) is 1.16. The molecule has 0 unspecified atom stereocenters. The summed E-state index contributed by atoms with van der Waals surface area (Å²) in [5.41, 5.74) is 1.48. The number of aromatic nitrogens is 4. The number of carbonyl (C=O) groups is 3. The van der Waals surface area contributed by atoms with Crippen molar-refractivity contribution in [3.63, 3.8) is 0 Å². The smallest absolute Gasteiger partial charge is 0.408 e. The van der Waals surface area contributed by atoms with Crippen LogP contribution in [-0.2, 0) is 20.7 Å². The number of Topliss-reactive ketones (excluding diaryl/α,β-unsaturated/α-hetero) is 1. The van der Waals surface area contributed by atoms with Gasteiger partial charge in [0.2, 0.25) is 17.7 Å². The molecule has 3 aliphatic rings. The van der Waals surface area contributed by atoms with Gasteiger partial charge in [0.1, 0.15) is 36.3 Å². The molecule has 1 aromatic carbocycles. The molecule has 13 heteroatoms. The van der Waals surface area contributed by atoms with Crippen LogP contribution < -0.4 is 20.1 Å². The molecule has 2 amide bonds. The van der Waals surface area contributed by atoms with E-state index in [4.69, 9.17) is 24.2 Å². The summed E-state index contributed by atoms with van der Waals surface area (Å²) in [4.78, 5) is 61.1. The van der Waals surface area contributed by atoms with Crippen LogP contribution in [0.3, 0.4) is 0 Å². The van der Waals surface area contributed by atoms with Gasteiger partial charge in [0.25, 0.3) is 0 Å². The molecule has 2 aliphatic heterocycles. The van der Waals surface area contributed by atoms with Gasteiger partial charge < -0.3 is 29.7 Å². The number of alkyl carbamates (subject to hydrolysis) is 1. The topological polar surface area (TPSA) is 158 Å². The first-order valence-corrected chi connectivity index (χ1v) is 18.9. The SMILES string of the molecule is CC[C@@H]1[C@@H]2CN(C(=O)[C@H](C(C)(C)C)NC(=O)O[C@@H]3CCC[C@H]3CCCCCc3nc4ccc(OCCNc5ncccn5)cc4nc3O2)[C@@H]1C(C)=O. The molecule has 2 N–H and O–H groups in total. The van der Waals surface area contributed by atoms with Crippen molar-refractivity contribution in [3.05, 3.63) is 42.4 Å².